The Bertz CT molecular complexity index is 790. The Labute approximate surface area is 156 Å². The lowest BCUT2D eigenvalue weighted by Gasteiger charge is -2.32. The second-order valence-electron chi connectivity index (χ2n) is 6.06. The molecule has 138 valence electrons. The fourth-order valence-corrected chi connectivity index (χ4v) is 2.89. The van der Waals surface area contributed by atoms with Crippen LogP contribution >= 0.6 is 11.6 Å². The van der Waals surface area contributed by atoms with Gasteiger partial charge in [0.25, 0.3) is 5.91 Å². The molecule has 1 aliphatic heterocycles. The highest BCUT2D eigenvalue weighted by atomic mass is 35.5. The van der Waals surface area contributed by atoms with Gasteiger partial charge in [0, 0.05) is 26.2 Å². The van der Waals surface area contributed by atoms with Crippen molar-refractivity contribution >= 4 is 35.0 Å². The Kier molecular flexibility index (Phi) is 5.48. The molecule has 1 amide bonds. The molecule has 0 aromatic carbocycles. The first-order chi connectivity index (χ1) is 12.5. The summed E-state index contributed by atoms with van der Waals surface area (Å²) in [6.45, 7) is 5.59. The molecule has 1 fully saturated rings. The van der Waals surface area contributed by atoms with Gasteiger partial charge in [0.2, 0.25) is 5.95 Å². The van der Waals surface area contributed by atoms with Gasteiger partial charge in [-0.05, 0) is 13.5 Å². The number of amides is 1. The Balaban J connectivity index is 1.79. The van der Waals surface area contributed by atoms with E-state index >= 15 is 0 Å². The SMILES string of the molecule is CCc1nc(C(N)=O)c(Nc2cnc(N3CCN(C)CC3)nc2)nc1Cl. The summed E-state index contributed by atoms with van der Waals surface area (Å²) in [7, 11) is 2.09. The summed E-state index contributed by atoms with van der Waals surface area (Å²) < 4.78 is 0. The zero-order chi connectivity index (χ0) is 18.7. The Morgan fingerprint density at radius 3 is 2.46 bits per heavy atom. The molecule has 0 spiro atoms. The molecule has 0 radical (unpaired) electrons. The van der Waals surface area contributed by atoms with Gasteiger partial charge >= 0.3 is 0 Å². The molecule has 0 bridgehead atoms. The molecule has 0 unspecified atom stereocenters. The Morgan fingerprint density at radius 2 is 1.88 bits per heavy atom. The van der Waals surface area contributed by atoms with Gasteiger partial charge in [-0.2, -0.15) is 0 Å². The average Bonchev–Trinajstić information content (AvgIpc) is 2.63. The van der Waals surface area contributed by atoms with Gasteiger partial charge in [-0.25, -0.2) is 19.9 Å². The molecule has 3 rings (SSSR count). The standard InChI is InChI=1S/C16H21ClN8O/c1-3-11-13(17)23-15(12(22-11)14(18)26)21-10-8-19-16(20-9-10)25-6-4-24(2)5-7-25/h8-9H,3-7H2,1-2H3,(H2,18,26)(H,21,23). The maximum Gasteiger partial charge on any atom is 0.271 e. The van der Waals surface area contributed by atoms with Crippen LogP contribution in [0.5, 0.6) is 0 Å². The highest BCUT2D eigenvalue weighted by molar-refractivity contribution is 6.30. The van der Waals surface area contributed by atoms with Crippen molar-refractivity contribution in [1.29, 1.82) is 0 Å². The van der Waals surface area contributed by atoms with Crippen molar-refractivity contribution in [3.8, 4) is 0 Å². The van der Waals surface area contributed by atoms with Crippen LogP contribution in [0.15, 0.2) is 12.4 Å². The number of hydrogen-bond donors (Lipinski definition) is 2. The van der Waals surface area contributed by atoms with Crippen molar-refractivity contribution < 1.29 is 4.79 Å². The Morgan fingerprint density at radius 1 is 1.23 bits per heavy atom. The van der Waals surface area contributed by atoms with Crippen molar-refractivity contribution in [3.63, 3.8) is 0 Å². The first-order valence-corrected chi connectivity index (χ1v) is 8.74. The average molecular weight is 377 g/mol. The van der Waals surface area contributed by atoms with Crippen LogP contribution in [0.3, 0.4) is 0 Å². The van der Waals surface area contributed by atoms with E-state index in [9.17, 15) is 4.79 Å². The maximum absolute atomic E-state index is 11.7. The summed E-state index contributed by atoms with van der Waals surface area (Å²) >= 11 is 6.10. The van der Waals surface area contributed by atoms with E-state index in [0.29, 0.717) is 23.8 Å². The second kappa shape index (κ2) is 7.79. The van der Waals surface area contributed by atoms with Crippen molar-refractivity contribution in [2.75, 3.05) is 43.4 Å². The largest absolute Gasteiger partial charge is 0.364 e. The van der Waals surface area contributed by atoms with Gasteiger partial charge in [0.15, 0.2) is 16.7 Å². The number of nitrogens with zero attached hydrogens (tertiary/aromatic N) is 6. The molecule has 2 aromatic heterocycles. The van der Waals surface area contributed by atoms with E-state index in [1.807, 2.05) is 6.92 Å². The summed E-state index contributed by atoms with van der Waals surface area (Å²) in [5, 5.41) is 3.20. The van der Waals surface area contributed by atoms with Gasteiger partial charge in [-0.15, -0.1) is 0 Å². The first-order valence-electron chi connectivity index (χ1n) is 8.36. The number of rotatable bonds is 5. The minimum absolute atomic E-state index is 0.0365. The molecule has 1 saturated heterocycles. The molecule has 2 aromatic rings. The van der Waals surface area contributed by atoms with Crippen molar-refractivity contribution in [2.45, 2.75) is 13.3 Å². The number of nitrogens with two attached hydrogens (primary N) is 1. The highest BCUT2D eigenvalue weighted by Crippen LogP contribution is 2.22. The lowest BCUT2D eigenvalue weighted by Crippen LogP contribution is -2.45. The number of nitrogens with one attached hydrogen (secondary N) is 1. The third-order valence-electron chi connectivity index (χ3n) is 4.17. The van der Waals surface area contributed by atoms with Crippen molar-refractivity contribution in [1.82, 2.24) is 24.8 Å². The van der Waals surface area contributed by atoms with Gasteiger partial charge in [0.05, 0.1) is 23.8 Å². The minimum Gasteiger partial charge on any atom is -0.364 e. The number of hydrogen-bond acceptors (Lipinski definition) is 8. The summed E-state index contributed by atoms with van der Waals surface area (Å²) in [6.07, 6.45) is 3.82. The Hall–Kier alpha value is -2.52. The number of aromatic nitrogens is 4. The third-order valence-corrected chi connectivity index (χ3v) is 4.48. The van der Waals surface area contributed by atoms with Crippen LogP contribution in [0.4, 0.5) is 17.5 Å². The molecule has 3 heterocycles. The second-order valence-corrected chi connectivity index (χ2v) is 6.42. The normalized spacial score (nSPS) is 15.1. The number of carbonyl (C=O) groups excluding carboxylic acids is 1. The van der Waals surface area contributed by atoms with E-state index in [2.05, 4.69) is 42.1 Å². The van der Waals surface area contributed by atoms with Crippen molar-refractivity contribution in [2.24, 2.45) is 5.73 Å². The van der Waals surface area contributed by atoms with E-state index in [1.54, 1.807) is 12.4 Å². The predicted octanol–water partition coefficient (Wildman–Crippen LogP) is 1.08. The van der Waals surface area contributed by atoms with Gasteiger partial charge in [-0.3, -0.25) is 4.79 Å². The number of primary amides is 1. The fraction of sp³-hybridized carbons (Fsp3) is 0.438. The number of piperazine rings is 1. The molecule has 1 aliphatic rings. The molecular weight excluding hydrogens is 356 g/mol. The van der Waals surface area contributed by atoms with Crippen LogP contribution in [0.2, 0.25) is 5.15 Å². The van der Waals surface area contributed by atoms with Crippen LogP contribution in [0.1, 0.15) is 23.1 Å². The smallest absolute Gasteiger partial charge is 0.271 e. The summed E-state index contributed by atoms with van der Waals surface area (Å²) in [4.78, 5) is 33.2. The predicted molar refractivity (Wildman–Crippen MR) is 100.0 cm³/mol. The van der Waals surface area contributed by atoms with E-state index in [4.69, 9.17) is 17.3 Å². The number of likely N-dealkylation sites (N-methyl/N-ethyl adjacent to an activating group) is 1. The van der Waals surface area contributed by atoms with E-state index in [-0.39, 0.29) is 16.7 Å². The lowest BCUT2D eigenvalue weighted by atomic mass is 10.3. The first kappa shape index (κ1) is 18.3. The summed E-state index contributed by atoms with van der Waals surface area (Å²) in [5.74, 6) is 0.182. The van der Waals surface area contributed by atoms with Gasteiger partial charge in [-0.1, -0.05) is 18.5 Å². The fourth-order valence-electron chi connectivity index (χ4n) is 2.63. The number of anilines is 3. The van der Waals surface area contributed by atoms with E-state index in [1.165, 1.54) is 0 Å². The molecule has 0 saturated carbocycles. The summed E-state index contributed by atoms with van der Waals surface area (Å²) in [6, 6.07) is 0. The molecule has 0 aliphatic carbocycles. The zero-order valence-electron chi connectivity index (χ0n) is 14.7. The zero-order valence-corrected chi connectivity index (χ0v) is 15.5. The molecular formula is C16H21ClN8O. The van der Waals surface area contributed by atoms with Crippen LogP contribution in [-0.4, -0.2) is 64.0 Å². The molecule has 3 N–H and O–H groups in total. The molecule has 0 atom stereocenters. The lowest BCUT2D eigenvalue weighted by molar-refractivity contribution is 0.0996. The van der Waals surface area contributed by atoms with Crippen molar-refractivity contribution in [3.05, 3.63) is 28.9 Å². The van der Waals surface area contributed by atoms with Crippen LogP contribution in [0, 0.1) is 0 Å². The monoisotopic (exact) mass is 376 g/mol. The number of carbonyl (C=O) groups is 1. The highest BCUT2D eigenvalue weighted by Gasteiger charge is 2.18. The quantitative estimate of drug-likeness (QED) is 0.796. The topological polar surface area (TPSA) is 113 Å². The van der Waals surface area contributed by atoms with Crippen LogP contribution in [-0.2, 0) is 6.42 Å². The number of aryl methyl sites for hydroxylation is 1. The van der Waals surface area contributed by atoms with Crippen LogP contribution in [0.25, 0.3) is 0 Å². The molecule has 9 nitrogen and oxygen atoms in total. The minimum atomic E-state index is -0.679. The molecule has 26 heavy (non-hydrogen) atoms. The van der Waals surface area contributed by atoms with E-state index in [0.717, 1.165) is 26.2 Å². The summed E-state index contributed by atoms with van der Waals surface area (Å²) in [5.41, 5.74) is 6.54. The van der Waals surface area contributed by atoms with Crippen LogP contribution < -0.4 is 16.0 Å². The number of halogens is 1. The molecule has 10 heteroatoms. The van der Waals surface area contributed by atoms with Gasteiger partial charge < -0.3 is 20.9 Å². The third kappa shape index (κ3) is 4.00. The maximum atomic E-state index is 11.7. The van der Waals surface area contributed by atoms with Gasteiger partial charge in [0.1, 0.15) is 0 Å². The van der Waals surface area contributed by atoms with E-state index < -0.39 is 5.91 Å².